The standard InChI is InChI=1S/C11H20N4/c1-14-6-3-10(4-7-14)15-9-13-8-11(15)2-5-12/h8-10H,2-7,12H2,1H3. The van der Waals surface area contributed by atoms with Crippen LogP contribution in [0.2, 0.25) is 0 Å². The van der Waals surface area contributed by atoms with Crippen molar-refractivity contribution >= 4 is 0 Å². The molecule has 0 atom stereocenters. The van der Waals surface area contributed by atoms with Crippen LogP contribution >= 0.6 is 0 Å². The maximum absolute atomic E-state index is 5.59. The van der Waals surface area contributed by atoms with E-state index in [9.17, 15) is 0 Å². The number of piperidine rings is 1. The molecule has 0 aromatic carbocycles. The molecule has 1 aromatic rings. The summed E-state index contributed by atoms with van der Waals surface area (Å²) < 4.78 is 2.32. The van der Waals surface area contributed by atoms with Gasteiger partial charge in [-0.05, 0) is 39.5 Å². The van der Waals surface area contributed by atoms with Gasteiger partial charge >= 0.3 is 0 Å². The van der Waals surface area contributed by atoms with Crippen molar-refractivity contribution < 1.29 is 0 Å². The van der Waals surface area contributed by atoms with Gasteiger partial charge in [-0.1, -0.05) is 0 Å². The fourth-order valence-corrected chi connectivity index (χ4v) is 2.28. The zero-order valence-corrected chi connectivity index (χ0v) is 9.39. The molecular formula is C11H20N4. The Morgan fingerprint density at radius 2 is 2.20 bits per heavy atom. The number of nitrogens with zero attached hydrogens (tertiary/aromatic N) is 3. The maximum atomic E-state index is 5.59. The van der Waals surface area contributed by atoms with Crippen molar-refractivity contribution in [2.24, 2.45) is 5.73 Å². The van der Waals surface area contributed by atoms with Crippen molar-refractivity contribution in [1.82, 2.24) is 14.5 Å². The van der Waals surface area contributed by atoms with Crippen LogP contribution in [-0.4, -0.2) is 41.1 Å². The molecule has 0 unspecified atom stereocenters. The average Bonchev–Trinajstić information content (AvgIpc) is 2.68. The minimum absolute atomic E-state index is 0.630. The molecule has 2 rings (SSSR count). The third-order valence-electron chi connectivity index (χ3n) is 3.23. The molecule has 0 radical (unpaired) electrons. The molecule has 1 fully saturated rings. The van der Waals surface area contributed by atoms with E-state index in [0.717, 1.165) is 6.42 Å². The highest BCUT2D eigenvalue weighted by Crippen LogP contribution is 2.23. The molecule has 4 heteroatoms. The topological polar surface area (TPSA) is 47.1 Å². The van der Waals surface area contributed by atoms with E-state index >= 15 is 0 Å². The van der Waals surface area contributed by atoms with Gasteiger partial charge in [0.2, 0.25) is 0 Å². The molecule has 0 amide bonds. The van der Waals surface area contributed by atoms with Crippen molar-refractivity contribution in [2.45, 2.75) is 25.3 Å². The van der Waals surface area contributed by atoms with E-state index in [1.165, 1.54) is 31.6 Å². The monoisotopic (exact) mass is 208 g/mol. The minimum Gasteiger partial charge on any atom is -0.331 e. The van der Waals surface area contributed by atoms with Gasteiger partial charge in [0.25, 0.3) is 0 Å². The largest absolute Gasteiger partial charge is 0.331 e. The van der Waals surface area contributed by atoms with Gasteiger partial charge < -0.3 is 15.2 Å². The predicted molar refractivity (Wildman–Crippen MR) is 60.8 cm³/mol. The molecular weight excluding hydrogens is 188 g/mol. The van der Waals surface area contributed by atoms with Gasteiger partial charge in [0, 0.05) is 24.4 Å². The maximum Gasteiger partial charge on any atom is 0.0950 e. The highest BCUT2D eigenvalue weighted by atomic mass is 15.1. The first-order valence-corrected chi connectivity index (χ1v) is 5.70. The Morgan fingerprint density at radius 3 is 2.87 bits per heavy atom. The Morgan fingerprint density at radius 1 is 1.47 bits per heavy atom. The molecule has 1 aliphatic heterocycles. The quantitative estimate of drug-likeness (QED) is 0.793. The van der Waals surface area contributed by atoms with Gasteiger partial charge in [-0.15, -0.1) is 0 Å². The van der Waals surface area contributed by atoms with E-state index in [1.807, 2.05) is 12.5 Å². The summed E-state index contributed by atoms with van der Waals surface area (Å²) in [4.78, 5) is 6.61. The lowest BCUT2D eigenvalue weighted by Gasteiger charge is -2.30. The van der Waals surface area contributed by atoms with Gasteiger partial charge in [-0.2, -0.15) is 0 Å². The average molecular weight is 208 g/mol. The zero-order chi connectivity index (χ0) is 10.7. The van der Waals surface area contributed by atoms with Crippen molar-refractivity contribution in [3.8, 4) is 0 Å². The normalized spacial score (nSPS) is 19.6. The van der Waals surface area contributed by atoms with Crippen LogP contribution in [0.5, 0.6) is 0 Å². The van der Waals surface area contributed by atoms with Crippen LogP contribution in [0, 0.1) is 0 Å². The molecule has 0 spiro atoms. The summed E-state index contributed by atoms with van der Waals surface area (Å²) >= 11 is 0. The van der Waals surface area contributed by atoms with E-state index in [0.29, 0.717) is 12.6 Å². The summed E-state index contributed by atoms with van der Waals surface area (Å²) in [6, 6.07) is 0.630. The molecule has 1 aliphatic rings. The summed E-state index contributed by atoms with van der Waals surface area (Å²) in [5.74, 6) is 0. The smallest absolute Gasteiger partial charge is 0.0950 e. The first kappa shape index (κ1) is 10.6. The zero-order valence-electron chi connectivity index (χ0n) is 9.39. The second-order valence-electron chi connectivity index (χ2n) is 4.37. The first-order chi connectivity index (χ1) is 7.31. The Hall–Kier alpha value is -0.870. The SMILES string of the molecule is CN1CCC(n2cncc2CCN)CC1. The van der Waals surface area contributed by atoms with Gasteiger partial charge in [0.1, 0.15) is 0 Å². The highest BCUT2D eigenvalue weighted by molar-refractivity contribution is 5.01. The van der Waals surface area contributed by atoms with Crippen LogP contribution in [0.1, 0.15) is 24.6 Å². The fraction of sp³-hybridized carbons (Fsp3) is 0.727. The van der Waals surface area contributed by atoms with Gasteiger partial charge in [0.05, 0.1) is 6.33 Å². The van der Waals surface area contributed by atoms with E-state index in [1.54, 1.807) is 0 Å². The van der Waals surface area contributed by atoms with Crippen LogP contribution in [0.25, 0.3) is 0 Å². The van der Waals surface area contributed by atoms with E-state index in [2.05, 4.69) is 21.5 Å². The van der Waals surface area contributed by atoms with Crippen molar-refractivity contribution in [1.29, 1.82) is 0 Å². The lowest BCUT2D eigenvalue weighted by Crippen LogP contribution is -2.32. The summed E-state index contributed by atoms with van der Waals surface area (Å²) in [6.45, 7) is 3.08. The minimum atomic E-state index is 0.630. The van der Waals surface area contributed by atoms with E-state index < -0.39 is 0 Å². The lowest BCUT2D eigenvalue weighted by atomic mass is 10.0. The summed E-state index contributed by atoms with van der Waals surface area (Å²) in [5.41, 5.74) is 6.88. The summed E-state index contributed by atoms with van der Waals surface area (Å²) in [6.07, 6.45) is 7.30. The molecule has 15 heavy (non-hydrogen) atoms. The fourth-order valence-electron chi connectivity index (χ4n) is 2.28. The van der Waals surface area contributed by atoms with Crippen molar-refractivity contribution in [3.05, 3.63) is 18.2 Å². The third kappa shape index (κ3) is 2.38. The number of aromatic nitrogens is 2. The first-order valence-electron chi connectivity index (χ1n) is 5.70. The van der Waals surface area contributed by atoms with Crippen molar-refractivity contribution in [3.63, 3.8) is 0 Å². The number of hydrogen-bond donors (Lipinski definition) is 1. The van der Waals surface area contributed by atoms with Crippen molar-refractivity contribution in [2.75, 3.05) is 26.7 Å². The van der Waals surface area contributed by atoms with Gasteiger partial charge in [-0.25, -0.2) is 4.98 Å². The van der Waals surface area contributed by atoms with Crippen LogP contribution in [-0.2, 0) is 6.42 Å². The Kier molecular flexibility index (Phi) is 3.38. The third-order valence-corrected chi connectivity index (χ3v) is 3.23. The van der Waals surface area contributed by atoms with Gasteiger partial charge in [0.15, 0.2) is 0 Å². The number of hydrogen-bond acceptors (Lipinski definition) is 3. The number of nitrogens with two attached hydrogens (primary N) is 1. The van der Waals surface area contributed by atoms with E-state index in [-0.39, 0.29) is 0 Å². The molecule has 1 saturated heterocycles. The van der Waals surface area contributed by atoms with E-state index in [4.69, 9.17) is 5.73 Å². The van der Waals surface area contributed by atoms with Crippen LogP contribution in [0.3, 0.4) is 0 Å². The Balaban J connectivity index is 2.05. The second-order valence-corrected chi connectivity index (χ2v) is 4.37. The molecule has 0 saturated carbocycles. The van der Waals surface area contributed by atoms with Crippen LogP contribution in [0.15, 0.2) is 12.5 Å². The summed E-state index contributed by atoms with van der Waals surface area (Å²) in [7, 11) is 2.19. The number of likely N-dealkylation sites (tertiary alicyclic amines) is 1. The molecule has 2 N–H and O–H groups in total. The van der Waals surface area contributed by atoms with Gasteiger partial charge in [-0.3, -0.25) is 0 Å². The molecule has 2 heterocycles. The highest BCUT2D eigenvalue weighted by Gasteiger charge is 2.19. The predicted octanol–water partition coefficient (Wildman–Crippen LogP) is 0.651. The van der Waals surface area contributed by atoms with Crippen LogP contribution < -0.4 is 5.73 Å². The molecule has 1 aromatic heterocycles. The molecule has 0 aliphatic carbocycles. The molecule has 84 valence electrons. The second kappa shape index (κ2) is 4.77. The number of rotatable bonds is 3. The number of imidazole rings is 1. The summed E-state index contributed by atoms with van der Waals surface area (Å²) in [5, 5.41) is 0. The van der Waals surface area contributed by atoms with Crippen LogP contribution in [0.4, 0.5) is 0 Å². The lowest BCUT2D eigenvalue weighted by molar-refractivity contribution is 0.219. The molecule has 4 nitrogen and oxygen atoms in total. The molecule has 0 bridgehead atoms. The Labute approximate surface area is 91.1 Å². The Bertz CT molecular complexity index is 299.